The second kappa shape index (κ2) is 6.42. The van der Waals surface area contributed by atoms with Crippen molar-refractivity contribution in [3.8, 4) is 0 Å². The van der Waals surface area contributed by atoms with E-state index in [4.69, 9.17) is 4.74 Å². The number of aliphatic carboxylic acids is 1. The molecule has 2 aliphatic heterocycles. The molecule has 126 valence electrons. The Kier molecular flexibility index (Phi) is 4.97. The lowest BCUT2D eigenvalue weighted by Gasteiger charge is -2.40. The van der Waals surface area contributed by atoms with Crippen LogP contribution < -0.4 is 5.32 Å². The Bertz CT molecular complexity index is 433. The van der Waals surface area contributed by atoms with Gasteiger partial charge < -0.3 is 19.6 Å². The fourth-order valence-corrected chi connectivity index (χ4v) is 3.43. The number of rotatable bonds is 3. The van der Waals surface area contributed by atoms with Crippen molar-refractivity contribution in [3.63, 3.8) is 0 Å². The van der Waals surface area contributed by atoms with Crippen LogP contribution in [0.4, 0.5) is 4.79 Å². The maximum absolute atomic E-state index is 12.5. The summed E-state index contributed by atoms with van der Waals surface area (Å²) >= 11 is 0. The van der Waals surface area contributed by atoms with Crippen molar-refractivity contribution < 1.29 is 19.4 Å². The van der Waals surface area contributed by atoms with Gasteiger partial charge in [0.1, 0.15) is 12.3 Å². The van der Waals surface area contributed by atoms with Crippen molar-refractivity contribution in [2.24, 2.45) is 5.92 Å². The third kappa shape index (κ3) is 3.35. The molecule has 0 aliphatic carbocycles. The standard InChI is InChI=1S/C15H27N3O4/c1-10(2)12(13(19)20)17(4)14(21)18-7-5-15(6-8-18)9-16-11(3)22-15/h10-12,16H,5-9H2,1-4H3,(H,19,20)/t11?,12-/m0/s1. The predicted octanol–water partition coefficient (Wildman–Crippen LogP) is 0.948. The van der Waals surface area contributed by atoms with Gasteiger partial charge in [-0.2, -0.15) is 0 Å². The quantitative estimate of drug-likeness (QED) is 0.810. The molecule has 1 spiro atoms. The molecule has 2 fully saturated rings. The first-order valence-corrected chi connectivity index (χ1v) is 7.91. The van der Waals surface area contributed by atoms with Crippen molar-refractivity contribution in [2.45, 2.75) is 51.5 Å². The van der Waals surface area contributed by atoms with Gasteiger partial charge in [0.2, 0.25) is 0 Å². The normalized spacial score (nSPS) is 25.5. The second-order valence-corrected chi connectivity index (χ2v) is 6.73. The largest absolute Gasteiger partial charge is 0.480 e. The number of nitrogens with zero attached hydrogens (tertiary/aromatic N) is 2. The zero-order valence-electron chi connectivity index (χ0n) is 13.8. The zero-order chi connectivity index (χ0) is 16.5. The van der Waals surface area contributed by atoms with Crippen molar-refractivity contribution in [2.75, 3.05) is 26.7 Å². The van der Waals surface area contributed by atoms with Gasteiger partial charge in [-0.1, -0.05) is 13.8 Å². The van der Waals surface area contributed by atoms with E-state index in [0.717, 1.165) is 19.4 Å². The topological polar surface area (TPSA) is 82.1 Å². The number of carboxylic acid groups (broad SMARTS) is 1. The van der Waals surface area contributed by atoms with Crippen LogP contribution in [0.25, 0.3) is 0 Å². The number of carbonyl (C=O) groups excluding carboxylic acids is 1. The molecule has 1 unspecified atom stereocenters. The van der Waals surface area contributed by atoms with Crippen LogP contribution in [-0.2, 0) is 9.53 Å². The maximum Gasteiger partial charge on any atom is 0.326 e. The fraction of sp³-hybridized carbons (Fsp3) is 0.867. The van der Waals surface area contributed by atoms with Crippen molar-refractivity contribution in [3.05, 3.63) is 0 Å². The Labute approximate surface area is 131 Å². The Hall–Kier alpha value is -1.34. The van der Waals surface area contributed by atoms with Gasteiger partial charge in [-0.05, 0) is 25.7 Å². The number of hydrogen-bond acceptors (Lipinski definition) is 4. The molecule has 0 bridgehead atoms. The number of hydrogen-bond donors (Lipinski definition) is 2. The van der Waals surface area contributed by atoms with Gasteiger partial charge in [-0.25, -0.2) is 9.59 Å². The monoisotopic (exact) mass is 313 g/mol. The minimum absolute atomic E-state index is 0.0576. The molecule has 0 saturated carbocycles. The molecular weight excluding hydrogens is 286 g/mol. The first-order valence-electron chi connectivity index (χ1n) is 7.91. The van der Waals surface area contributed by atoms with Crippen LogP contribution in [0, 0.1) is 5.92 Å². The number of carboxylic acids is 1. The fourth-order valence-electron chi connectivity index (χ4n) is 3.43. The highest BCUT2D eigenvalue weighted by Crippen LogP contribution is 2.31. The van der Waals surface area contributed by atoms with Gasteiger partial charge >= 0.3 is 12.0 Å². The molecule has 7 heteroatoms. The Morgan fingerprint density at radius 1 is 1.36 bits per heavy atom. The van der Waals surface area contributed by atoms with Crippen molar-refractivity contribution in [1.82, 2.24) is 15.1 Å². The highest BCUT2D eigenvalue weighted by Gasteiger charge is 2.43. The highest BCUT2D eigenvalue weighted by molar-refractivity contribution is 5.82. The van der Waals surface area contributed by atoms with E-state index < -0.39 is 12.0 Å². The highest BCUT2D eigenvalue weighted by atomic mass is 16.5. The molecule has 2 amide bonds. The third-order valence-corrected chi connectivity index (χ3v) is 4.69. The van der Waals surface area contributed by atoms with E-state index in [2.05, 4.69) is 5.32 Å². The molecule has 0 aromatic rings. The second-order valence-electron chi connectivity index (χ2n) is 6.73. The zero-order valence-corrected chi connectivity index (χ0v) is 13.8. The van der Waals surface area contributed by atoms with Crippen LogP contribution >= 0.6 is 0 Å². The average molecular weight is 313 g/mol. The van der Waals surface area contributed by atoms with Crippen LogP contribution in [0.5, 0.6) is 0 Å². The number of carbonyl (C=O) groups is 2. The molecule has 2 heterocycles. The lowest BCUT2D eigenvalue weighted by Crippen LogP contribution is -2.55. The summed E-state index contributed by atoms with van der Waals surface area (Å²) in [7, 11) is 1.57. The number of piperidine rings is 1. The van der Waals surface area contributed by atoms with Gasteiger partial charge in [0, 0.05) is 26.7 Å². The SMILES string of the molecule is CC1NCC2(CCN(C(=O)N(C)[C@H](C(=O)O)C(C)C)CC2)O1. The summed E-state index contributed by atoms with van der Waals surface area (Å²) in [6.07, 6.45) is 1.62. The summed E-state index contributed by atoms with van der Waals surface area (Å²) < 4.78 is 5.95. The Morgan fingerprint density at radius 3 is 2.36 bits per heavy atom. The van der Waals surface area contributed by atoms with Gasteiger partial charge in [0.15, 0.2) is 0 Å². The summed E-state index contributed by atoms with van der Waals surface area (Å²) in [5.41, 5.74) is -0.168. The van der Waals surface area contributed by atoms with E-state index in [9.17, 15) is 14.7 Å². The van der Waals surface area contributed by atoms with Crippen molar-refractivity contribution in [1.29, 1.82) is 0 Å². The summed E-state index contributed by atoms with van der Waals surface area (Å²) in [6, 6.07) is -1.01. The number of likely N-dealkylation sites (tertiary alicyclic amines) is 1. The molecule has 22 heavy (non-hydrogen) atoms. The molecule has 2 saturated heterocycles. The average Bonchev–Trinajstić information content (AvgIpc) is 2.79. The number of nitrogens with one attached hydrogen (secondary N) is 1. The number of urea groups is 1. The number of ether oxygens (including phenoxy) is 1. The van der Waals surface area contributed by atoms with Crippen LogP contribution in [0.3, 0.4) is 0 Å². The van der Waals surface area contributed by atoms with Crippen molar-refractivity contribution >= 4 is 12.0 Å². The van der Waals surface area contributed by atoms with Crippen LogP contribution in [0.15, 0.2) is 0 Å². The molecule has 2 aliphatic rings. The van der Waals surface area contributed by atoms with Gasteiger partial charge in [-0.3, -0.25) is 5.32 Å². The lowest BCUT2D eigenvalue weighted by molar-refractivity contribution is -0.143. The smallest absolute Gasteiger partial charge is 0.326 e. The minimum Gasteiger partial charge on any atom is -0.480 e. The molecular formula is C15H27N3O4. The number of likely N-dealkylation sites (N-methyl/N-ethyl adjacent to an activating group) is 1. The third-order valence-electron chi connectivity index (χ3n) is 4.69. The van der Waals surface area contributed by atoms with E-state index in [1.54, 1.807) is 11.9 Å². The maximum atomic E-state index is 12.5. The van der Waals surface area contributed by atoms with Gasteiger partial charge in [-0.15, -0.1) is 0 Å². The minimum atomic E-state index is -0.962. The summed E-state index contributed by atoms with van der Waals surface area (Å²) in [5, 5.41) is 12.6. The Balaban J connectivity index is 1.95. The molecule has 0 radical (unpaired) electrons. The molecule has 2 N–H and O–H groups in total. The molecule has 2 rings (SSSR count). The molecule has 0 aromatic carbocycles. The first-order chi connectivity index (χ1) is 10.3. The van der Waals surface area contributed by atoms with Crippen LogP contribution in [-0.4, -0.2) is 71.5 Å². The Morgan fingerprint density at radius 2 is 1.95 bits per heavy atom. The number of amides is 2. The van der Waals surface area contributed by atoms with E-state index in [0.29, 0.717) is 13.1 Å². The first kappa shape index (κ1) is 17.0. The lowest BCUT2D eigenvalue weighted by atomic mass is 9.92. The van der Waals surface area contributed by atoms with E-state index >= 15 is 0 Å². The van der Waals surface area contributed by atoms with Gasteiger partial charge in [0.25, 0.3) is 0 Å². The van der Waals surface area contributed by atoms with E-state index in [1.165, 1.54) is 4.90 Å². The summed E-state index contributed by atoms with van der Waals surface area (Å²) in [6.45, 7) is 7.63. The van der Waals surface area contributed by atoms with Gasteiger partial charge in [0.05, 0.1) is 5.60 Å². The summed E-state index contributed by atoms with van der Waals surface area (Å²) in [5.74, 6) is -1.10. The molecule has 0 aromatic heterocycles. The summed E-state index contributed by atoms with van der Waals surface area (Å²) in [4.78, 5) is 27.0. The predicted molar refractivity (Wildman–Crippen MR) is 81.5 cm³/mol. The van der Waals surface area contributed by atoms with Crippen LogP contribution in [0.2, 0.25) is 0 Å². The molecule has 7 nitrogen and oxygen atoms in total. The van der Waals surface area contributed by atoms with Crippen LogP contribution in [0.1, 0.15) is 33.6 Å². The van der Waals surface area contributed by atoms with E-state index in [1.807, 2.05) is 20.8 Å². The van der Waals surface area contributed by atoms with E-state index in [-0.39, 0.29) is 23.8 Å². The molecule has 2 atom stereocenters.